The van der Waals surface area contributed by atoms with Gasteiger partial charge in [0.05, 0.1) is 16.5 Å². The minimum atomic E-state index is -0.460. The van der Waals surface area contributed by atoms with Gasteiger partial charge in [0.25, 0.3) is 11.8 Å². The smallest absolute Gasteiger partial charge is 0.272 e. The number of nitrogens with one attached hydrogen (secondary N) is 3. The normalized spacial score (nSPS) is 11.2. The summed E-state index contributed by atoms with van der Waals surface area (Å²) < 4.78 is 0. The molecule has 216 valence electrons. The van der Waals surface area contributed by atoms with Crippen LogP contribution in [0.4, 0.5) is 10.8 Å². The summed E-state index contributed by atoms with van der Waals surface area (Å²) >= 11 is 16.4. The van der Waals surface area contributed by atoms with Crippen LogP contribution < -0.4 is 16.0 Å². The molecule has 0 unspecified atom stereocenters. The second-order valence-corrected chi connectivity index (χ2v) is 12.4. The molecule has 43 heavy (non-hydrogen) atoms. The Hall–Kier alpha value is -3.93. The molecule has 0 atom stereocenters. The van der Waals surface area contributed by atoms with Crippen molar-refractivity contribution in [2.24, 2.45) is 0 Å². The van der Waals surface area contributed by atoms with E-state index in [1.165, 1.54) is 34.4 Å². The zero-order chi connectivity index (χ0) is 30.2. The predicted octanol–water partition coefficient (Wildman–Crippen LogP) is 8.32. The number of hydrogen-bond acceptors (Lipinski definition) is 7. The standard InChI is InChI=1S/C31H22Cl2N4O3S3/c32-21-6-11-24(25(33)15-21)27-17-43-31(36-27)37-28(38)18-42-23-9-7-22(8-10-23)34-30(40)26(14-19-12-13-41-16-19)35-29(39)20-4-2-1-3-5-20/h1-17H,18H2,(H,34,40)(H,35,39)(H,36,37,38)/b26-14-. The Kier molecular flexibility index (Phi) is 10.3. The molecule has 12 heteroatoms. The molecule has 0 radical (unpaired) electrons. The fourth-order valence-corrected chi connectivity index (χ4v) is 6.30. The first-order valence-corrected chi connectivity index (χ1v) is 16.3. The van der Waals surface area contributed by atoms with Crippen LogP contribution in [0, 0.1) is 0 Å². The van der Waals surface area contributed by atoms with E-state index in [0.29, 0.717) is 32.1 Å². The molecule has 0 aliphatic carbocycles. The fourth-order valence-electron chi connectivity index (χ4n) is 3.76. The number of hydrogen-bond donors (Lipinski definition) is 3. The summed E-state index contributed by atoms with van der Waals surface area (Å²) in [6.07, 6.45) is 1.63. The van der Waals surface area contributed by atoms with Crippen molar-refractivity contribution in [1.82, 2.24) is 10.3 Å². The van der Waals surface area contributed by atoms with Crippen LogP contribution in [0.3, 0.4) is 0 Å². The Bertz CT molecular complexity index is 1770. The Morgan fingerprint density at radius 3 is 2.42 bits per heavy atom. The van der Waals surface area contributed by atoms with Crippen molar-refractivity contribution in [3.63, 3.8) is 0 Å². The Balaban J connectivity index is 1.16. The van der Waals surface area contributed by atoms with Crippen LogP contribution in [0.25, 0.3) is 17.3 Å². The van der Waals surface area contributed by atoms with Crippen LogP contribution in [-0.4, -0.2) is 28.5 Å². The van der Waals surface area contributed by atoms with Crippen LogP contribution in [-0.2, 0) is 9.59 Å². The highest BCUT2D eigenvalue weighted by Gasteiger charge is 2.16. The number of rotatable bonds is 10. The molecular weight excluding hydrogens is 643 g/mol. The van der Waals surface area contributed by atoms with Crippen molar-refractivity contribution in [2.75, 3.05) is 16.4 Å². The summed E-state index contributed by atoms with van der Waals surface area (Å²) in [6, 6.07) is 22.8. The van der Waals surface area contributed by atoms with E-state index in [1.54, 1.807) is 60.7 Å². The predicted molar refractivity (Wildman–Crippen MR) is 178 cm³/mol. The van der Waals surface area contributed by atoms with Crippen molar-refractivity contribution >= 4 is 92.3 Å². The quantitative estimate of drug-likeness (QED) is 0.103. The lowest BCUT2D eigenvalue weighted by Crippen LogP contribution is -2.30. The molecule has 5 rings (SSSR count). The highest BCUT2D eigenvalue weighted by Crippen LogP contribution is 2.32. The summed E-state index contributed by atoms with van der Waals surface area (Å²) in [5.41, 5.74) is 3.29. The maximum atomic E-state index is 13.1. The SMILES string of the molecule is O=C(CSc1ccc(NC(=O)/C(=C/c2ccsc2)NC(=O)c2ccccc2)cc1)Nc1nc(-c2ccc(Cl)cc2Cl)cs1. The number of halogens is 2. The van der Waals surface area contributed by atoms with Crippen LogP contribution in [0.5, 0.6) is 0 Å². The Morgan fingerprint density at radius 2 is 1.70 bits per heavy atom. The average molecular weight is 666 g/mol. The molecule has 3 amide bonds. The first-order valence-electron chi connectivity index (χ1n) is 12.7. The molecule has 0 saturated carbocycles. The number of nitrogens with zero attached hydrogens (tertiary/aromatic N) is 1. The molecule has 2 heterocycles. The number of thiophene rings is 1. The van der Waals surface area contributed by atoms with E-state index in [0.717, 1.165) is 16.0 Å². The number of aromatic nitrogens is 1. The molecule has 0 bridgehead atoms. The minimum Gasteiger partial charge on any atom is -0.321 e. The summed E-state index contributed by atoms with van der Waals surface area (Å²) in [6.45, 7) is 0. The van der Waals surface area contributed by atoms with E-state index in [9.17, 15) is 14.4 Å². The van der Waals surface area contributed by atoms with E-state index in [-0.39, 0.29) is 23.3 Å². The fraction of sp³-hybridized carbons (Fsp3) is 0.0323. The number of anilines is 2. The van der Waals surface area contributed by atoms with Gasteiger partial charge >= 0.3 is 0 Å². The lowest BCUT2D eigenvalue weighted by atomic mass is 10.2. The van der Waals surface area contributed by atoms with Crippen molar-refractivity contribution in [3.8, 4) is 11.3 Å². The number of carbonyl (C=O) groups excluding carboxylic acids is 3. The van der Waals surface area contributed by atoms with Gasteiger partial charge in [-0.05, 0) is 83.1 Å². The largest absolute Gasteiger partial charge is 0.321 e. The van der Waals surface area contributed by atoms with Gasteiger partial charge in [0.1, 0.15) is 5.70 Å². The van der Waals surface area contributed by atoms with E-state index in [1.807, 2.05) is 40.4 Å². The van der Waals surface area contributed by atoms with Crippen LogP contribution in [0.15, 0.2) is 106 Å². The molecule has 3 aromatic carbocycles. The van der Waals surface area contributed by atoms with Crippen molar-refractivity contribution in [3.05, 3.63) is 122 Å². The van der Waals surface area contributed by atoms with Gasteiger partial charge in [-0.2, -0.15) is 11.3 Å². The first-order chi connectivity index (χ1) is 20.8. The summed E-state index contributed by atoms with van der Waals surface area (Å²) in [5, 5.41) is 15.4. The summed E-state index contributed by atoms with van der Waals surface area (Å²) in [4.78, 5) is 43.7. The summed E-state index contributed by atoms with van der Waals surface area (Å²) in [5.74, 6) is -0.882. The van der Waals surface area contributed by atoms with E-state index in [4.69, 9.17) is 23.2 Å². The molecular formula is C31H22Cl2N4O3S3. The zero-order valence-electron chi connectivity index (χ0n) is 22.2. The van der Waals surface area contributed by atoms with Gasteiger partial charge in [-0.1, -0.05) is 41.4 Å². The molecule has 0 saturated heterocycles. The van der Waals surface area contributed by atoms with Gasteiger partial charge in [0.2, 0.25) is 5.91 Å². The van der Waals surface area contributed by atoms with Gasteiger partial charge in [0.15, 0.2) is 5.13 Å². The molecule has 5 aromatic rings. The van der Waals surface area contributed by atoms with Crippen LogP contribution >= 0.6 is 57.6 Å². The zero-order valence-corrected chi connectivity index (χ0v) is 26.1. The topological polar surface area (TPSA) is 100 Å². The van der Waals surface area contributed by atoms with Crippen molar-refractivity contribution < 1.29 is 14.4 Å². The lowest BCUT2D eigenvalue weighted by Gasteiger charge is -2.11. The molecule has 0 aliphatic heterocycles. The monoisotopic (exact) mass is 664 g/mol. The number of benzene rings is 3. The van der Waals surface area contributed by atoms with Gasteiger partial charge in [-0.3, -0.25) is 14.4 Å². The maximum Gasteiger partial charge on any atom is 0.272 e. The van der Waals surface area contributed by atoms with Gasteiger partial charge in [0, 0.05) is 32.1 Å². The average Bonchev–Trinajstić information content (AvgIpc) is 3.69. The highest BCUT2D eigenvalue weighted by atomic mass is 35.5. The molecule has 0 fully saturated rings. The van der Waals surface area contributed by atoms with Crippen molar-refractivity contribution in [1.29, 1.82) is 0 Å². The van der Waals surface area contributed by atoms with Crippen LogP contribution in [0.1, 0.15) is 15.9 Å². The molecule has 2 aromatic heterocycles. The minimum absolute atomic E-state index is 0.117. The third-order valence-corrected chi connectivity index (χ3v) is 8.84. The molecule has 0 aliphatic rings. The number of amides is 3. The summed E-state index contributed by atoms with van der Waals surface area (Å²) in [7, 11) is 0. The van der Waals surface area contributed by atoms with Gasteiger partial charge in [-0.25, -0.2) is 4.98 Å². The lowest BCUT2D eigenvalue weighted by molar-refractivity contribution is -0.114. The Morgan fingerprint density at radius 1 is 0.907 bits per heavy atom. The van der Waals surface area contributed by atoms with Gasteiger partial charge in [-0.15, -0.1) is 23.1 Å². The first kappa shape index (κ1) is 30.5. The van der Waals surface area contributed by atoms with E-state index in [2.05, 4.69) is 20.9 Å². The van der Waals surface area contributed by atoms with E-state index < -0.39 is 5.91 Å². The Labute approximate surface area is 270 Å². The molecule has 0 spiro atoms. The number of carbonyl (C=O) groups is 3. The second-order valence-electron chi connectivity index (χ2n) is 8.91. The van der Waals surface area contributed by atoms with Crippen molar-refractivity contribution in [2.45, 2.75) is 4.90 Å². The third-order valence-electron chi connectivity index (χ3n) is 5.82. The highest BCUT2D eigenvalue weighted by molar-refractivity contribution is 8.00. The third kappa shape index (κ3) is 8.56. The number of thiazole rings is 1. The van der Waals surface area contributed by atoms with Gasteiger partial charge < -0.3 is 16.0 Å². The maximum absolute atomic E-state index is 13.1. The molecule has 7 nitrogen and oxygen atoms in total. The second kappa shape index (κ2) is 14.5. The number of thioether (sulfide) groups is 1. The van der Waals surface area contributed by atoms with E-state index >= 15 is 0 Å². The van der Waals surface area contributed by atoms with Crippen LogP contribution in [0.2, 0.25) is 10.0 Å². The molecule has 3 N–H and O–H groups in total.